The molecule has 138 valence electrons. The van der Waals surface area contributed by atoms with Gasteiger partial charge in [0.2, 0.25) is 0 Å². The second-order valence-electron chi connectivity index (χ2n) is 7.64. The summed E-state index contributed by atoms with van der Waals surface area (Å²) >= 11 is 0. The molecule has 0 spiro atoms. The van der Waals surface area contributed by atoms with Crippen molar-refractivity contribution in [1.82, 2.24) is 9.78 Å². The predicted octanol–water partition coefficient (Wildman–Crippen LogP) is 4.41. The SMILES string of the molecule is Cn1ncc(C(=O)OC23CCC(c4ccccc42)C3(C)C)c1C(F)(F)F. The van der Waals surface area contributed by atoms with Crippen molar-refractivity contribution in [3.05, 3.63) is 52.8 Å². The first kappa shape index (κ1) is 17.1. The number of benzene rings is 1. The lowest BCUT2D eigenvalue weighted by molar-refractivity contribution is -0.144. The summed E-state index contributed by atoms with van der Waals surface area (Å²) < 4.78 is 46.5. The van der Waals surface area contributed by atoms with E-state index >= 15 is 0 Å². The summed E-state index contributed by atoms with van der Waals surface area (Å²) in [4.78, 5) is 12.8. The summed E-state index contributed by atoms with van der Waals surface area (Å²) in [5.41, 5.74) is -0.891. The van der Waals surface area contributed by atoms with Gasteiger partial charge in [-0.15, -0.1) is 0 Å². The van der Waals surface area contributed by atoms with Crippen LogP contribution in [0.2, 0.25) is 0 Å². The Morgan fingerprint density at radius 3 is 2.69 bits per heavy atom. The molecule has 0 aliphatic heterocycles. The van der Waals surface area contributed by atoms with Crippen LogP contribution in [0.5, 0.6) is 0 Å². The molecule has 2 atom stereocenters. The molecule has 1 aromatic heterocycles. The van der Waals surface area contributed by atoms with Crippen LogP contribution in [-0.2, 0) is 23.6 Å². The number of aryl methyl sites for hydroxylation is 1. The van der Waals surface area contributed by atoms with Crippen LogP contribution in [0.4, 0.5) is 13.2 Å². The molecule has 4 nitrogen and oxygen atoms in total. The van der Waals surface area contributed by atoms with Gasteiger partial charge in [-0.3, -0.25) is 4.68 Å². The molecule has 1 heterocycles. The molecule has 7 heteroatoms. The fourth-order valence-electron chi connectivity index (χ4n) is 4.88. The number of ether oxygens (including phenoxy) is 1. The number of hydrogen-bond donors (Lipinski definition) is 0. The second-order valence-corrected chi connectivity index (χ2v) is 7.64. The zero-order chi connectivity index (χ0) is 18.9. The standard InChI is InChI=1S/C19H19F3N2O2/c1-17(2)13-8-9-18(17,14-7-5-4-6-11(13)14)26-16(25)12-10-23-24(3)15(12)19(20,21)22/h4-7,10,13H,8-9H2,1-3H3. The number of rotatable bonds is 2. The minimum atomic E-state index is -4.68. The number of fused-ring (bicyclic) bond motifs is 5. The van der Waals surface area contributed by atoms with Crippen LogP contribution in [0.25, 0.3) is 0 Å². The smallest absolute Gasteiger partial charge is 0.433 e. The Kier molecular flexibility index (Phi) is 3.37. The Balaban J connectivity index is 1.78. The summed E-state index contributed by atoms with van der Waals surface area (Å²) in [6.07, 6.45) is -2.30. The normalized spacial score (nSPS) is 26.0. The van der Waals surface area contributed by atoms with Crippen molar-refractivity contribution in [2.75, 3.05) is 0 Å². The summed E-state index contributed by atoms with van der Waals surface area (Å²) in [6.45, 7) is 4.04. The van der Waals surface area contributed by atoms with Gasteiger partial charge >= 0.3 is 12.1 Å². The molecule has 1 fully saturated rings. The monoisotopic (exact) mass is 364 g/mol. The highest BCUT2D eigenvalue weighted by Crippen LogP contribution is 2.68. The van der Waals surface area contributed by atoms with Gasteiger partial charge in [0.1, 0.15) is 11.2 Å². The fourth-order valence-corrected chi connectivity index (χ4v) is 4.88. The van der Waals surface area contributed by atoms with Gasteiger partial charge in [0.15, 0.2) is 5.69 Å². The molecule has 2 unspecified atom stereocenters. The van der Waals surface area contributed by atoms with E-state index < -0.39 is 29.0 Å². The largest absolute Gasteiger partial charge is 0.450 e. The lowest BCUT2D eigenvalue weighted by Crippen LogP contribution is -2.40. The quantitative estimate of drug-likeness (QED) is 0.742. The highest BCUT2D eigenvalue weighted by molar-refractivity contribution is 5.91. The van der Waals surface area contributed by atoms with Crippen LogP contribution in [0, 0.1) is 5.41 Å². The van der Waals surface area contributed by atoms with Gasteiger partial charge in [-0.25, -0.2) is 4.79 Å². The average molecular weight is 364 g/mol. The fraction of sp³-hybridized carbons (Fsp3) is 0.474. The number of carbonyl (C=O) groups is 1. The van der Waals surface area contributed by atoms with Crippen LogP contribution in [0.3, 0.4) is 0 Å². The highest BCUT2D eigenvalue weighted by atomic mass is 19.4. The highest BCUT2D eigenvalue weighted by Gasteiger charge is 2.64. The van der Waals surface area contributed by atoms with Crippen LogP contribution in [0.15, 0.2) is 30.5 Å². The number of nitrogens with zero attached hydrogens (tertiary/aromatic N) is 2. The summed E-state index contributed by atoms with van der Waals surface area (Å²) in [6, 6.07) is 7.74. The van der Waals surface area contributed by atoms with Gasteiger partial charge in [0, 0.05) is 12.5 Å². The molecule has 2 aliphatic rings. The Hall–Kier alpha value is -2.31. The third-order valence-electron chi connectivity index (χ3n) is 6.16. The van der Waals surface area contributed by atoms with E-state index in [0.717, 1.165) is 30.8 Å². The van der Waals surface area contributed by atoms with Crippen LogP contribution >= 0.6 is 0 Å². The van der Waals surface area contributed by atoms with Crippen molar-refractivity contribution < 1.29 is 22.7 Å². The number of hydrogen-bond acceptors (Lipinski definition) is 3. The van der Waals surface area contributed by atoms with Gasteiger partial charge in [0.25, 0.3) is 0 Å². The van der Waals surface area contributed by atoms with Gasteiger partial charge in [0.05, 0.1) is 6.20 Å². The molecule has 1 saturated carbocycles. The van der Waals surface area contributed by atoms with Gasteiger partial charge < -0.3 is 4.74 Å². The van der Waals surface area contributed by atoms with Crippen LogP contribution in [-0.4, -0.2) is 15.7 Å². The van der Waals surface area contributed by atoms with E-state index in [0.29, 0.717) is 11.1 Å². The van der Waals surface area contributed by atoms with Gasteiger partial charge in [-0.1, -0.05) is 38.1 Å². The van der Waals surface area contributed by atoms with E-state index in [1.54, 1.807) is 0 Å². The number of halogens is 3. The molecular weight excluding hydrogens is 345 g/mol. The molecule has 2 bridgehead atoms. The molecule has 0 saturated heterocycles. The molecule has 2 aliphatic carbocycles. The number of aromatic nitrogens is 2. The minimum absolute atomic E-state index is 0.225. The van der Waals surface area contributed by atoms with Crippen LogP contribution < -0.4 is 0 Å². The Bertz CT molecular complexity index is 900. The molecule has 26 heavy (non-hydrogen) atoms. The summed E-state index contributed by atoms with van der Waals surface area (Å²) in [7, 11) is 1.16. The van der Waals surface area contributed by atoms with Crippen molar-refractivity contribution in [2.24, 2.45) is 12.5 Å². The van der Waals surface area contributed by atoms with E-state index in [2.05, 4.69) is 5.10 Å². The second kappa shape index (κ2) is 5.11. The van der Waals surface area contributed by atoms with Crippen LogP contribution in [0.1, 0.15) is 59.8 Å². The van der Waals surface area contributed by atoms with Crippen molar-refractivity contribution in [3.63, 3.8) is 0 Å². The maximum Gasteiger partial charge on any atom is 0.433 e. The molecule has 0 radical (unpaired) electrons. The first-order valence-corrected chi connectivity index (χ1v) is 8.51. The molecule has 4 rings (SSSR count). The average Bonchev–Trinajstić information content (AvgIpc) is 3.12. The Morgan fingerprint density at radius 1 is 1.31 bits per heavy atom. The van der Waals surface area contributed by atoms with E-state index in [4.69, 9.17) is 4.74 Å². The van der Waals surface area contributed by atoms with Crippen molar-refractivity contribution in [3.8, 4) is 0 Å². The van der Waals surface area contributed by atoms with Gasteiger partial charge in [-0.2, -0.15) is 18.3 Å². The predicted molar refractivity (Wildman–Crippen MR) is 87.5 cm³/mol. The number of esters is 1. The van der Waals surface area contributed by atoms with E-state index in [9.17, 15) is 18.0 Å². The van der Waals surface area contributed by atoms with Crippen molar-refractivity contribution >= 4 is 5.97 Å². The van der Waals surface area contributed by atoms with E-state index in [1.807, 2.05) is 38.1 Å². The Morgan fingerprint density at radius 2 is 2.00 bits per heavy atom. The lowest BCUT2D eigenvalue weighted by Gasteiger charge is -2.38. The maximum atomic E-state index is 13.3. The molecular formula is C19H19F3N2O2. The summed E-state index contributed by atoms with van der Waals surface area (Å²) in [5, 5.41) is 3.61. The molecule has 0 N–H and O–H groups in total. The zero-order valence-electron chi connectivity index (χ0n) is 14.7. The first-order valence-electron chi connectivity index (χ1n) is 8.51. The molecule has 1 aromatic carbocycles. The number of alkyl halides is 3. The topological polar surface area (TPSA) is 44.1 Å². The minimum Gasteiger partial charge on any atom is -0.450 e. The lowest BCUT2D eigenvalue weighted by atomic mass is 9.76. The van der Waals surface area contributed by atoms with E-state index in [1.165, 1.54) is 0 Å². The van der Waals surface area contributed by atoms with Crippen molar-refractivity contribution in [1.29, 1.82) is 0 Å². The molecule has 2 aromatic rings. The number of carbonyl (C=O) groups excluding carboxylic acids is 1. The Labute approximate surface area is 149 Å². The molecule has 0 amide bonds. The first-order chi connectivity index (χ1) is 12.1. The summed E-state index contributed by atoms with van der Waals surface area (Å²) in [5.74, 6) is -0.752. The maximum absolute atomic E-state index is 13.3. The third-order valence-corrected chi connectivity index (χ3v) is 6.16. The zero-order valence-corrected chi connectivity index (χ0v) is 14.7. The van der Waals surface area contributed by atoms with Gasteiger partial charge in [-0.05, 0) is 29.9 Å². The third kappa shape index (κ3) is 2.03. The van der Waals surface area contributed by atoms with Crippen molar-refractivity contribution in [2.45, 2.75) is 44.4 Å². The van der Waals surface area contributed by atoms with E-state index in [-0.39, 0.29) is 11.3 Å².